The summed E-state index contributed by atoms with van der Waals surface area (Å²) < 4.78 is 30.9. The molecule has 6 aromatic rings. The Morgan fingerprint density at radius 3 is 1.81 bits per heavy atom. The molecule has 0 aliphatic carbocycles. The Hall–Kier alpha value is -6.41. The van der Waals surface area contributed by atoms with Crippen molar-refractivity contribution in [3.8, 4) is 0 Å². The van der Waals surface area contributed by atoms with Crippen molar-refractivity contribution in [2.75, 3.05) is 13.1 Å². The average molecular weight is 966 g/mol. The summed E-state index contributed by atoms with van der Waals surface area (Å²) >= 11 is 3.38. The molecule has 3 unspecified atom stereocenters. The number of amides is 1. The van der Waals surface area contributed by atoms with Gasteiger partial charge in [-0.2, -0.15) is 0 Å². The Kier molecular flexibility index (Phi) is 13.8. The lowest BCUT2D eigenvalue weighted by Gasteiger charge is -2.37. The molecule has 3 aliphatic heterocycles. The van der Waals surface area contributed by atoms with Crippen molar-refractivity contribution in [1.82, 2.24) is 29.2 Å². The maximum absolute atomic E-state index is 16.2. The van der Waals surface area contributed by atoms with E-state index in [4.69, 9.17) is 14.5 Å². The maximum atomic E-state index is 16.2. The Labute approximate surface area is 399 Å². The number of carbonyl (C=O) groups is 3. The molecule has 0 N–H and O–H groups in total. The fourth-order valence-electron chi connectivity index (χ4n) is 9.59. The van der Waals surface area contributed by atoms with Gasteiger partial charge in [-0.3, -0.25) is 29.1 Å². The first-order valence-electron chi connectivity index (χ1n) is 22.9. The Morgan fingerprint density at radius 2 is 1.25 bits per heavy atom. The van der Waals surface area contributed by atoms with Crippen LogP contribution in [0, 0.1) is 5.82 Å². The van der Waals surface area contributed by atoms with Gasteiger partial charge in [-0.1, -0.05) is 144 Å². The first-order chi connectivity index (χ1) is 32.6. The van der Waals surface area contributed by atoms with Gasteiger partial charge in [0.05, 0.1) is 17.0 Å². The molecule has 9 rings (SSSR count). The lowest BCUT2D eigenvalue weighted by atomic mass is 10.0. The number of likely N-dealkylation sites (N-methyl/N-ethyl adjacent to an activating group) is 1. The minimum Gasteiger partial charge on any atom is -0.460 e. The fourth-order valence-corrected chi connectivity index (χ4v) is 9.92. The summed E-state index contributed by atoms with van der Waals surface area (Å²) in [7, 11) is 0. The number of rotatable bonds is 14. The topological polar surface area (TPSA) is 100 Å². The molecule has 0 saturated carbocycles. The van der Waals surface area contributed by atoms with Crippen molar-refractivity contribution in [1.29, 1.82) is 0 Å². The molecule has 1 aromatic heterocycles. The van der Waals surface area contributed by atoms with Gasteiger partial charge in [0.1, 0.15) is 31.1 Å². The number of nitrogens with zero attached hydrogens (tertiary/aromatic N) is 6. The van der Waals surface area contributed by atoms with Gasteiger partial charge in [0.25, 0.3) is 5.91 Å². The molecule has 0 fully saturated rings. The normalized spacial score (nSPS) is 18.5. The van der Waals surface area contributed by atoms with E-state index in [9.17, 15) is 9.59 Å². The zero-order valence-corrected chi connectivity index (χ0v) is 39.5. The van der Waals surface area contributed by atoms with Gasteiger partial charge in [-0.25, -0.2) is 9.37 Å². The molecule has 0 radical (unpaired) electrons. The first kappa shape index (κ1) is 45.7. The Balaban J connectivity index is 1.19. The average Bonchev–Trinajstić information content (AvgIpc) is 3.85. The highest BCUT2D eigenvalue weighted by molar-refractivity contribution is 9.10. The summed E-state index contributed by atoms with van der Waals surface area (Å²) in [4.78, 5) is 57.5. The summed E-state index contributed by atoms with van der Waals surface area (Å²) in [6.45, 7) is 8.46. The fraction of sp³-hybridized carbons (Fsp3) is 0.296. The summed E-state index contributed by atoms with van der Waals surface area (Å²) in [5.41, 5.74) is 6.77. The van der Waals surface area contributed by atoms with E-state index in [0.29, 0.717) is 48.7 Å². The number of imidazole rings is 1. The third-order valence-corrected chi connectivity index (χ3v) is 13.5. The number of benzene rings is 5. The number of esters is 2. The van der Waals surface area contributed by atoms with Crippen LogP contribution < -0.4 is 0 Å². The van der Waals surface area contributed by atoms with Crippen molar-refractivity contribution < 1.29 is 28.2 Å². The second-order valence-corrected chi connectivity index (χ2v) is 18.5. The van der Waals surface area contributed by atoms with E-state index in [-0.39, 0.29) is 43.6 Å². The van der Waals surface area contributed by atoms with E-state index in [0.717, 1.165) is 39.3 Å². The van der Waals surface area contributed by atoms with Crippen molar-refractivity contribution >= 4 is 33.8 Å². The second kappa shape index (κ2) is 20.2. The summed E-state index contributed by atoms with van der Waals surface area (Å²) in [6, 6.07) is 42.4. The standard InChI is InChI=1S/C54H54BrFN6O5/c1-4-58-32-49-45(29-46(58)53(64)66-34-39-21-13-7-14-22-39)62(52(63)42-26-25-41(55)27-43(42)56)51(61(49)31-38-19-11-6-12-20-38)50-57-44-28-47(54(65)67-35-40-23-15-8-16-24-40)59(36(2)3)33-48(44)60(50)30-37-17-9-5-10-18-37/h5-27,36,46-47,51H,4,28-35H2,1-3H3. The largest absolute Gasteiger partial charge is 0.460 e. The van der Waals surface area contributed by atoms with Crippen LogP contribution in [0.4, 0.5) is 4.39 Å². The molecular weight excluding hydrogens is 912 g/mol. The molecule has 1 amide bonds. The van der Waals surface area contributed by atoms with Crippen LogP contribution in [0.2, 0.25) is 0 Å². The van der Waals surface area contributed by atoms with E-state index in [1.165, 1.54) is 12.1 Å². The predicted octanol–water partition coefficient (Wildman–Crippen LogP) is 9.42. The molecule has 0 spiro atoms. The lowest BCUT2D eigenvalue weighted by molar-refractivity contribution is -0.153. The highest BCUT2D eigenvalue weighted by atomic mass is 79.9. The molecule has 0 saturated heterocycles. The van der Waals surface area contributed by atoms with Gasteiger partial charge >= 0.3 is 11.9 Å². The van der Waals surface area contributed by atoms with Crippen LogP contribution in [0.3, 0.4) is 0 Å². The van der Waals surface area contributed by atoms with Gasteiger partial charge in [-0.15, -0.1) is 0 Å². The van der Waals surface area contributed by atoms with E-state index in [1.54, 1.807) is 11.0 Å². The molecule has 344 valence electrons. The van der Waals surface area contributed by atoms with Gasteiger partial charge < -0.3 is 18.9 Å². The highest BCUT2D eigenvalue weighted by Crippen LogP contribution is 2.47. The van der Waals surface area contributed by atoms with Crippen LogP contribution in [-0.2, 0) is 58.3 Å². The van der Waals surface area contributed by atoms with Gasteiger partial charge in [0, 0.05) is 60.9 Å². The number of hydrogen-bond donors (Lipinski definition) is 0. The van der Waals surface area contributed by atoms with Crippen LogP contribution in [0.5, 0.6) is 0 Å². The van der Waals surface area contributed by atoms with Crippen molar-refractivity contribution in [3.05, 3.63) is 206 Å². The van der Waals surface area contributed by atoms with Gasteiger partial charge in [0.2, 0.25) is 0 Å². The van der Waals surface area contributed by atoms with Crippen molar-refractivity contribution in [2.45, 2.75) is 90.8 Å². The number of fused-ring (bicyclic) bond motifs is 1. The predicted molar refractivity (Wildman–Crippen MR) is 256 cm³/mol. The van der Waals surface area contributed by atoms with E-state index in [1.807, 2.05) is 116 Å². The van der Waals surface area contributed by atoms with Crippen LogP contribution >= 0.6 is 15.9 Å². The van der Waals surface area contributed by atoms with Crippen LogP contribution in [0.25, 0.3) is 0 Å². The maximum Gasteiger partial charge on any atom is 0.324 e. The van der Waals surface area contributed by atoms with E-state index >= 15 is 9.18 Å². The molecular formula is C54H54BrFN6O5. The monoisotopic (exact) mass is 964 g/mol. The Bertz CT molecular complexity index is 2750. The number of halogens is 2. The lowest BCUT2D eigenvalue weighted by Crippen LogP contribution is -2.49. The zero-order chi connectivity index (χ0) is 46.6. The van der Waals surface area contributed by atoms with Crippen LogP contribution in [0.1, 0.15) is 83.2 Å². The summed E-state index contributed by atoms with van der Waals surface area (Å²) in [5, 5.41) is 0. The molecule has 5 aromatic carbocycles. The molecule has 3 atom stereocenters. The number of ether oxygens (including phenoxy) is 2. The Morgan fingerprint density at radius 1 is 0.701 bits per heavy atom. The van der Waals surface area contributed by atoms with Crippen molar-refractivity contribution in [3.63, 3.8) is 0 Å². The summed E-state index contributed by atoms with van der Waals surface area (Å²) in [5.74, 6) is -1.41. The summed E-state index contributed by atoms with van der Waals surface area (Å²) in [6.07, 6.45) is -0.468. The van der Waals surface area contributed by atoms with E-state index < -0.39 is 35.9 Å². The third-order valence-electron chi connectivity index (χ3n) is 13.0. The number of aromatic nitrogens is 2. The molecule has 3 aliphatic rings. The first-order valence-corrected chi connectivity index (χ1v) is 23.7. The minimum absolute atomic E-state index is 0.0296. The molecule has 67 heavy (non-hydrogen) atoms. The van der Waals surface area contributed by atoms with Crippen LogP contribution in [0.15, 0.2) is 155 Å². The highest BCUT2D eigenvalue weighted by Gasteiger charge is 2.51. The number of hydrogen-bond acceptors (Lipinski definition) is 9. The SMILES string of the molecule is CCN1CC2=C(CC1C(=O)OCc1ccccc1)N(C(=O)c1ccc(Br)cc1F)C(c1nc3c(n1Cc1ccccc1)CN(C(C)C)C(C(=O)OCc1ccccc1)C3)N2Cc1ccccc1. The van der Waals surface area contributed by atoms with Gasteiger partial charge in [-0.05, 0) is 60.8 Å². The quantitative estimate of drug-likeness (QED) is 0.0990. The molecule has 4 heterocycles. The molecule has 13 heteroatoms. The van der Waals surface area contributed by atoms with E-state index in [2.05, 4.69) is 61.2 Å². The van der Waals surface area contributed by atoms with Gasteiger partial charge in [0.15, 0.2) is 12.0 Å². The van der Waals surface area contributed by atoms with Crippen molar-refractivity contribution in [2.24, 2.45) is 0 Å². The molecule has 11 nitrogen and oxygen atoms in total. The third kappa shape index (κ3) is 9.72. The molecule has 0 bridgehead atoms. The smallest absolute Gasteiger partial charge is 0.324 e. The zero-order valence-electron chi connectivity index (χ0n) is 37.9. The second-order valence-electron chi connectivity index (χ2n) is 17.6. The number of carbonyl (C=O) groups excluding carboxylic acids is 3. The van der Waals surface area contributed by atoms with Crippen LogP contribution in [-0.4, -0.2) is 78.2 Å². The minimum atomic E-state index is -0.885.